The predicted octanol–water partition coefficient (Wildman–Crippen LogP) is 2.77. The van der Waals surface area contributed by atoms with Crippen LogP contribution >= 0.6 is 0 Å². The fraction of sp³-hybridized carbons (Fsp3) is 0.789. The summed E-state index contributed by atoms with van der Waals surface area (Å²) in [5, 5.41) is 2.44. The van der Waals surface area contributed by atoms with Gasteiger partial charge >= 0.3 is 18.0 Å². The maximum Gasteiger partial charge on any atom is 0.408 e. The monoisotopic (exact) mass is 387 g/mol. The molecule has 0 bridgehead atoms. The van der Waals surface area contributed by atoms with Gasteiger partial charge in [0, 0.05) is 12.8 Å². The normalized spacial score (nSPS) is 13.9. The highest BCUT2D eigenvalue weighted by Crippen LogP contribution is 2.18. The van der Waals surface area contributed by atoms with Gasteiger partial charge in [-0.1, -0.05) is 0 Å². The highest BCUT2D eigenvalue weighted by molar-refractivity contribution is 5.90. The quantitative estimate of drug-likeness (QED) is 0.504. The van der Waals surface area contributed by atoms with Gasteiger partial charge in [0.25, 0.3) is 0 Å². The topological polar surface area (TPSA) is 108 Å². The Bertz CT molecular complexity index is 543. The number of Topliss-reactive ketones (excluding diaryl/α,β-unsaturated/α-hetero) is 1. The molecule has 0 heterocycles. The third-order valence-corrected chi connectivity index (χ3v) is 3.32. The number of esters is 2. The zero-order valence-electron chi connectivity index (χ0n) is 17.6. The van der Waals surface area contributed by atoms with E-state index in [4.69, 9.17) is 14.2 Å². The molecule has 8 heteroatoms. The van der Waals surface area contributed by atoms with Crippen molar-refractivity contribution >= 4 is 23.8 Å². The second kappa shape index (κ2) is 10.3. The Morgan fingerprint density at radius 2 is 1.44 bits per heavy atom. The third-order valence-electron chi connectivity index (χ3n) is 3.32. The summed E-state index contributed by atoms with van der Waals surface area (Å²) in [7, 11) is 1.22. The summed E-state index contributed by atoms with van der Waals surface area (Å²) < 4.78 is 15.0. The summed E-state index contributed by atoms with van der Waals surface area (Å²) in [5.74, 6) is -2.20. The Morgan fingerprint density at radius 3 is 1.89 bits per heavy atom. The lowest BCUT2D eigenvalue weighted by molar-refractivity contribution is -0.156. The Kier molecular flexibility index (Phi) is 9.47. The number of carbonyl (C=O) groups excluding carboxylic acids is 4. The molecule has 0 spiro atoms. The van der Waals surface area contributed by atoms with E-state index in [-0.39, 0.29) is 25.0 Å². The number of ketones is 1. The number of ether oxygens (including phenoxy) is 3. The van der Waals surface area contributed by atoms with Gasteiger partial charge in [0.15, 0.2) is 5.78 Å². The predicted molar refractivity (Wildman–Crippen MR) is 99.0 cm³/mol. The molecule has 0 aromatic carbocycles. The molecule has 0 fully saturated rings. The maximum atomic E-state index is 12.4. The van der Waals surface area contributed by atoms with Crippen molar-refractivity contribution in [3.05, 3.63) is 0 Å². The van der Waals surface area contributed by atoms with E-state index < -0.39 is 41.2 Å². The molecule has 0 rings (SSSR count). The second-order valence-electron chi connectivity index (χ2n) is 8.38. The molecule has 0 saturated carbocycles. The summed E-state index contributed by atoms with van der Waals surface area (Å²) in [6.07, 6.45) is -0.774. The molecule has 0 aromatic rings. The first-order valence-corrected chi connectivity index (χ1v) is 8.96. The molecule has 1 N–H and O–H groups in total. The van der Waals surface area contributed by atoms with E-state index in [1.54, 1.807) is 41.5 Å². The van der Waals surface area contributed by atoms with Gasteiger partial charge in [-0.25, -0.2) is 4.79 Å². The summed E-state index contributed by atoms with van der Waals surface area (Å²) in [6, 6.07) is -0.839. The number of hydrogen-bond donors (Lipinski definition) is 1. The van der Waals surface area contributed by atoms with E-state index in [1.165, 1.54) is 14.0 Å². The van der Waals surface area contributed by atoms with E-state index >= 15 is 0 Å². The number of nitrogens with one attached hydrogen (secondary N) is 1. The van der Waals surface area contributed by atoms with Gasteiger partial charge in [-0.3, -0.25) is 14.4 Å². The van der Waals surface area contributed by atoms with Crippen LogP contribution in [0.3, 0.4) is 0 Å². The van der Waals surface area contributed by atoms with E-state index in [1.807, 2.05) is 0 Å². The van der Waals surface area contributed by atoms with E-state index in [0.717, 1.165) is 0 Å². The number of amides is 1. The van der Waals surface area contributed by atoms with Crippen molar-refractivity contribution in [3.8, 4) is 0 Å². The minimum absolute atomic E-state index is 0.0157. The van der Waals surface area contributed by atoms with Crippen LogP contribution in [0.4, 0.5) is 4.79 Å². The fourth-order valence-corrected chi connectivity index (χ4v) is 2.14. The SMILES string of the molecule is COC(=O)[C@@H](CCC(=O)OC(C)(C)C)CC(=O)[C@H](C)NC(=O)OC(C)(C)C. The number of carbonyl (C=O) groups is 4. The molecule has 0 aromatic heterocycles. The lowest BCUT2D eigenvalue weighted by Crippen LogP contribution is -2.42. The van der Waals surface area contributed by atoms with Gasteiger partial charge in [0.2, 0.25) is 0 Å². The Hall–Kier alpha value is -2.12. The van der Waals surface area contributed by atoms with Crippen molar-refractivity contribution in [2.75, 3.05) is 7.11 Å². The van der Waals surface area contributed by atoms with Crippen LogP contribution < -0.4 is 5.32 Å². The Labute approximate surface area is 161 Å². The zero-order valence-corrected chi connectivity index (χ0v) is 17.6. The van der Waals surface area contributed by atoms with Crippen LogP contribution in [0.2, 0.25) is 0 Å². The van der Waals surface area contributed by atoms with Gasteiger partial charge in [0.05, 0.1) is 19.1 Å². The third kappa shape index (κ3) is 12.0. The van der Waals surface area contributed by atoms with Gasteiger partial charge in [-0.15, -0.1) is 0 Å². The van der Waals surface area contributed by atoms with Crippen molar-refractivity contribution in [2.45, 2.75) is 85.0 Å². The first-order chi connectivity index (χ1) is 12.1. The molecule has 0 aliphatic heterocycles. The largest absolute Gasteiger partial charge is 0.469 e. The summed E-state index contributed by atoms with van der Waals surface area (Å²) in [5.41, 5.74) is -1.31. The van der Waals surface area contributed by atoms with Crippen LogP contribution in [0.5, 0.6) is 0 Å². The Morgan fingerprint density at radius 1 is 0.926 bits per heavy atom. The van der Waals surface area contributed by atoms with Crippen LogP contribution in [-0.2, 0) is 28.6 Å². The van der Waals surface area contributed by atoms with Crippen molar-refractivity contribution < 1.29 is 33.4 Å². The average molecular weight is 387 g/mol. The van der Waals surface area contributed by atoms with Crippen LogP contribution in [0.1, 0.15) is 67.7 Å². The minimum Gasteiger partial charge on any atom is -0.469 e. The molecule has 0 radical (unpaired) electrons. The molecule has 0 aliphatic carbocycles. The lowest BCUT2D eigenvalue weighted by atomic mass is 9.94. The molecule has 0 unspecified atom stereocenters. The van der Waals surface area contributed by atoms with Gasteiger partial charge in [-0.2, -0.15) is 0 Å². The second-order valence-corrected chi connectivity index (χ2v) is 8.38. The molecule has 1 amide bonds. The molecule has 0 saturated heterocycles. The summed E-state index contributed by atoms with van der Waals surface area (Å²) in [6.45, 7) is 11.9. The Balaban J connectivity index is 4.75. The molecule has 8 nitrogen and oxygen atoms in total. The van der Waals surface area contributed by atoms with Gasteiger partial charge in [-0.05, 0) is 54.9 Å². The number of rotatable bonds is 8. The van der Waals surface area contributed by atoms with E-state index in [9.17, 15) is 19.2 Å². The molecule has 2 atom stereocenters. The van der Waals surface area contributed by atoms with Crippen molar-refractivity contribution in [1.82, 2.24) is 5.32 Å². The highest BCUT2D eigenvalue weighted by atomic mass is 16.6. The van der Waals surface area contributed by atoms with Crippen molar-refractivity contribution in [1.29, 1.82) is 0 Å². The van der Waals surface area contributed by atoms with Gasteiger partial charge < -0.3 is 19.5 Å². The maximum absolute atomic E-state index is 12.4. The molecular formula is C19H33NO7. The van der Waals surface area contributed by atoms with Crippen LogP contribution in [-0.4, -0.2) is 48.2 Å². The fourth-order valence-electron chi connectivity index (χ4n) is 2.14. The summed E-state index contributed by atoms with van der Waals surface area (Å²) >= 11 is 0. The number of alkyl carbamates (subject to hydrolysis) is 1. The molecule has 27 heavy (non-hydrogen) atoms. The first-order valence-electron chi connectivity index (χ1n) is 8.96. The zero-order chi connectivity index (χ0) is 21.4. The van der Waals surface area contributed by atoms with E-state index in [2.05, 4.69) is 5.32 Å². The van der Waals surface area contributed by atoms with Crippen LogP contribution in [0.25, 0.3) is 0 Å². The van der Waals surface area contributed by atoms with E-state index in [0.29, 0.717) is 0 Å². The lowest BCUT2D eigenvalue weighted by Gasteiger charge is -2.22. The van der Waals surface area contributed by atoms with Crippen LogP contribution in [0, 0.1) is 5.92 Å². The average Bonchev–Trinajstić information content (AvgIpc) is 2.46. The van der Waals surface area contributed by atoms with Crippen molar-refractivity contribution in [3.63, 3.8) is 0 Å². The molecular weight excluding hydrogens is 354 g/mol. The highest BCUT2D eigenvalue weighted by Gasteiger charge is 2.28. The standard InChI is InChI=1S/C19H33NO7/c1-12(20-17(24)27-19(5,6)7)14(21)11-13(16(23)25-8)9-10-15(22)26-18(2,3)4/h12-13H,9-11H2,1-8H3,(H,20,24)/t12-,13-/m0/s1. The molecule has 0 aliphatic rings. The smallest absolute Gasteiger partial charge is 0.408 e. The minimum atomic E-state index is -0.839. The number of hydrogen-bond acceptors (Lipinski definition) is 7. The first kappa shape index (κ1) is 24.9. The molecule has 156 valence electrons. The summed E-state index contributed by atoms with van der Waals surface area (Å²) in [4.78, 5) is 47.9. The van der Waals surface area contributed by atoms with Crippen LogP contribution in [0.15, 0.2) is 0 Å². The van der Waals surface area contributed by atoms with Crippen molar-refractivity contribution in [2.24, 2.45) is 5.92 Å². The van der Waals surface area contributed by atoms with Gasteiger partial charge in [0.1, 0.15) is 11.2 Å². The number of methoxy groups -OCH3 is 1.